The minimum absolute atomic E-state index is 0.228. The highest BCUT2D eigenvalue weighted by molar-refractivity contribution is 5.71. The number of nitrogens with zero attached hydrogens (tertiary/aromatic N) is 1. The van der Waals surface area contributed by atoms with E-state index in [1.165, 1.54) is 24.0 Å². The quantitative estimate of drug-likeness (QED) is 0.331. The van der Waals surface area contributed by atoms with Gasteiger partial charge in [0, 0.05) is 24.8 Å². The van der Waals surface area contributed by atoms with E-state index < -0.39 is 24.4 Å². The van der Waals surface area contributed by atoms with Gasteiger partial charge in [0.2, 0.25) is 0 Å². The maximum atomic E-state index is 10.1. The number of anilines is 1. The number of nitrogens with one attached hydrogen (secondary N) is 1. The molecule has 1 aliphatic heterocycles. The number of allylic oxidation sites excluding steroid dienone is 2. The average molecular weight is 449 g/mol. The van der Waals surface area contributed by atoms with Crippen LogP contribution in [0.5, 0.6) is 5.75 Å². The second-order valence-electron chi connectivity index (χ2n) is 9.06. The number of aliphatic hydroxyl groups is 4. The number of hydrogen-bond acceptors (Lipinski definition) is 7. The molecule has 32 heavy (non-hydrogen) atoms. The Morgan fingerprint density at radius 3 is 2.56 bits per heavy atom. The van der Waals surface area contributed by atoms with Crippen LogP contribution < -0.4 is 10.1 Å². The van der Waals surface area contributed by atoms with Crippen LogP contribution in [0, 0.1) is 0 Å². The standard InChI is InChI=1S/C25H40N2O5/c1-32-21-14-19(18-9-5-4-6-10-18)13-20(15-21)26-11-7-2-3-8-12-27-16-23(29)25(31)24(30)22(27)17-28/h9,13-15,22-26,28-31H,2-8,10-12,16-17H2,1H3/t22-,23+,24-,25-/m1/s1. The third-order valence-corrected chi connectivity index (χ3v) is 6.72. The molecule has 7 nitrogen and oxygen atoms in total. The predicted molar refractivity (Wildman–Crippen MR) is 127 cm³/mol. The third-order valence-electron chi connectivity index (χ3n) is 6.72. The first-order valence-corrected chi connectivity index (χ1v) is 12.0. The number of piperidine rings is 1. The molecule has 0 unspecified atom stereocenters. The molecule has 0 amide bonds. The molecule has 0 saturated carbocycles. The molecule has 1 heterocycles. The molecule has 2 aliphatic rings. The molecule has 7 heteroatoms. The topological polar surface area (TPSA) is 105 Å². The second kappa shape index (κ2) is 12.6. The summed E-state index contributed by atoms with van der Waals surface area (Å²) in [7, 11) is 1.71. The fraction of sp³-hybridized carbons (Fsp3) is 0.680. The Hall–Kier alpha value is -1.64. The molecule has 5 N–H and O–H groups in total. The van der Waals surface area contributed by atoms with Gasteiger partial charge in [0.1, 0.15) is 18.0 Å². The lowest BCUT2D eigenvalue weighted by atomic mass is 9.93. The summed E-state index contributed by atoms with van der Waals surface area (Å²) in [6, 6.07) is 5.87. The van der Waals surface area contributed by atoms with Gasteiger partial charge in [-0.1, -0.05) is 18.9 Å². The Labute approximate surface area is 191 Å². The monoisotopic (exact) mass is 448 g/mol. The first-order chi connectivity index (χ1) is 15.5. The minimum atomic E-state index is -1.19. The number of methoxy groups -OCH3 is 1. The smallest absolute Gasteiger partial charge is 0.121 e. The molecule has 0 aromatic heterocycles. The van der Waals surface area contributed by atoms with Gasteiger partial charge in [0.25, 0.3) is 0 Å². The maximum absolute atomic E-state index is 10.1. The average Bonchev–Trinajstić information content (AvgIpc) is 2.82. The van der Waals surface area contributed by atoms with E-state index >= 15 is 0 Å². The number of likely N-dealkylation sites (tertiary alicyclic amines) is 1. The number of hydrogen-bond donors (Lipinski definition) is 5. The van der Waals surface area contributed by atoms with Crippen LogP contribution in [0.15, 0.2) is 24.3 Å². The molecule has 0 bridgehead atoms. The molecule has 180 valence electrons. The Kier molecular flexibility index (Phi) is 9.81. The van der Waals surface area contributed by atoms with Crippen molar-refractivity contribution in [2.75, 3.05) is 38.7 Å². The van der Waals surface area contributed by atoms with Crippen LogP contribution in [0.3, 0.4) is 0 Å². The van der Waals surface area contributed by atoms with Gasteiger partial charge >= 0.3 is 0 Å². The van der Waals surface area contributed by atoms with E-state index in [4.69, 9.17) is 4.74 Å². The molecule has 1 aromatic carbocycles. The van der Waals surface area contributed by atoms with E-state index in [0.717, 1.165) is 56.5 Å². The van der Waals surface area contributed by atoms with Gasteiger partial charge in [-0.2, -0.15) is 0 Å². The van der Waals surface area contributed by atoms with Gasteiger partial charge < -0.3 is 30.5 Å². The van der Waals surface area contributed by atoms with Crippen molar-refractivity contribution >= 4 is 11.3 Å². The SMILES string of the molecule is COc1cc(NCCCCCCN2C[C@H](O)[C@@H](O)[C@H](O)[C@H]2CO)cc(C2=CCCCC2)c1. The van der Waals surface area contributed by atoms with Crippen LogP contribution in [0.2, 0.25) is 0 Å². The van der Waals surface area contributed by atoms with Crippen LogP contribution in [0.1, 0.15) is 56.9 Å². The van der Waals surface area contributed by atoms with Crippen molar-refractivity contribution in [3.05, 3.63) is 29.8 Å². The number of aliphatic hydroxyl groups excluding tert-OH is 4. The Bertz CT molecular complexity index is 741. The van der Waals surface area contributed by atoms with E-state index in [-0.39, 0.29) is 13.2 Å². The molecule has 1 fully saturated rings. The van der Waals surface area contributed by atoms with E-state index in [0.29, 0.717) is 6.54 Å². The third kappa shape index (κ3) is 6.68. The largest absolute Gasteiger partial charge is 0.497 e. The van der Waals surface area contributed by atoms with Crippen molar-refractivity contribution in [1.82, 2.24) is 4.90 Å². The lowest BCUT2D eigenvalue weighted by molar-refractivity contribution is -0.145. The highest BCUT2D eigenvalue weighted by atomic mass is 16.5. The molecule has 1 aliphatic carbocycles. The van der Waals surface area contributed by atoms with Gasteiger partial charge in [0.05, 0.1) is 25.9 Å². The van der Waals surface area contributed by atoms with Crippen molar-refractivity contribution in [3.63, 3.8) is 0 Å². The molecule has 0 radical (unpaired) electrons. The summed E-state index contributed by atoms with van der Waals surface area (Å²) in [6.45, 7) is 1.63. The molecule has 0 spiro atoms. The number of ether oxygens (including phenoxy) is 1. The molecular formula is C25H40N2O5. The molecule has 3 rings (SSSR count). The van der Waals surface area contributed by atoms with Gasteiger partial charge in [-0.3, -0.25) is 4.90 Å². The summed E-state index contributed by atoms with van der Waals surface area (Å²) < 4.78 is 5.50. The summed E-state index contributed by atoms with van der Waals surface area (Å²) in [6.07, 6.45) is 7.94. The normalized spacial score (nSPS) is 26.6. The predicted octanol–water partition coefficient (Wildman–Crippen LogP) is 2.38. The summed E-state index contributed by atoms with van der Waals surface area (Å²) in [5.41, 5.74) is 3.76. The highest BCUT2D eigenvalue weighted by Crippen LogP contribution is 2.31. The highest BCUT2D eigenvalue weighted by Gasteiger charge is 2.40. The van der Waals surface area contributed by atoms with Crippen molar-refractivity contribution in [2.45, 2.75) is 75.7 Å². The summed E-state index contributed by atoms with van der Waals surface area (Å²) in [5.74, 6) is 0.880. The number of rotatable bonds is 11. The van der Waals surface area contributed by atoms with Gasteiger partial charge in [-0.15, -0.1) is 0 Å². The zero-order chi connectivity index (χ0) is 22.9. The van der Waals surface area contributed by atoms with E-state index in [1.807, 2.05) is 11.0 Å². The van der Waals surface area contributed by atoms with E-state index in [1.54, 1.807) is 7.11 Å². The first kappa shape index (κ1) is 25.0. The van der Waals surface area contributed by atoms with Crippen molar-refractivity contribution in [2.24, 2.45) is 0 Å². The van der Waals surface area contributed by atoms with Gasteiger partial charge in [-0.05, 0) is 68.3 Å². The zero-order valence-electron chi connectivity index (χ0n) is 19.2. The number of benzene rings is 1. The van der Waals surface area contributed by atoms with Crippen LogP contribution in [-0.2, 0) is 0 Å². The van der Waals surface area contributed by atoms with E-state index in [9.17, 15) is 20.4 Å². The second-order valence-corrected chi connectivity index (χ2v) is 9.06. The number of β-amino-alcohol motifs (C(OH)–C–C–N with tert-alkyl or cyclic N) is 1. The Morgan fingerprint density at radius 2 is 1.84 bits per heavy atom. The van der Waals surface area contributed by atoms with Crippen LogP contribution in [0.4, 0.5) is 5.69 Å². The van der Waals surface area contributed by atoms with Crippen molar-refractivity contribution in [3.8, 4) is 5.75 Å². The molecule has 1 aromatic rings. The number of unbranched alkanes of at least 4 members (excludes halogenated alkanes) is 3. The van der Waals surface area contributed by atoms with Crippen molar-refractivity contribution in [1.29, 1.82) is 0 Å². The Balaban J connectivity index is 1.39. The van der Waals surface area contributed by atoms with Crippen molar-refractivity contribution < 1.29 is 25.2 Å². The fourth-order valence-electron chi connectivity index (χ4n) is 4.77. The maximum Gasteiger partial charge on any atom is 0.121 e. The zero-order valence-corrected chi connectivity index (χ0v) is 19.2. The van der Waals surface area contributed by atoms with Crippen LogP contribution in [-0.4, -0.2) is 83.0 Å². The van der Waals surface area contributed by atoms with Crippen LogP contribution >= 0.6 is 0 Å². The van der Waals surface area contributed by atoms with E-state index in [2.05, 4.69) is 23.5 Å². The van der Waals surface area contributed by atoms with Gasteiger partial charge in [-0.25, -0.2) is 0 Å². The summed E-state index contributed by atoms with van der Waals surface area (Å²) in [5, 5.41) is 42.8. The lowest BCUT2D eigenvalue weighted by Gasteiger charge is -2.43. The van der Waals surface area contributed by atoms with Gasteiger partial charge in [0.15, 0.2) is 0 Å². The first-order valence-electron chi connectivity index (χ1n) is 12.0. The summed E-state index contributed by atoms with van der Waals surface area (Å²) >= 11 is 0. The fourth-order valence-corrected chi connectivity index (χ4v) is 4.77. The Morgan fingerprint density at radius 1 is 1.03 bits per heavy atom. The van der Waals surface area contributed by atoms with Crippen LogP contribution in [0.25, 0.3) is 5.57 Å². The lowest BCUT2D eigenvalue weighted by Crippen LogP contribution is -2.62. The molecule has 4 atom stereocenters. The molecule has 1 saturated heterocycles. The molecular weight excluding hydrogens is 408 g/mol. The minimum Gasteiger partial charge on any atom is -0.497 e. The summed E-state index contributed by atoms with van der Waals surface area (Å²) in [4.78, 5) is 1.89.